The Labute approximate surface area is 139 Å². The molecule has 1 aliphatic heterocycles. The van der Waals surface area contributed by atoms with Crippen molar-refractivity contribution < 1.29 is 0 Å². The van der Waals surface area contributed by atoms with E-state index in [4.69, 9.17) is 0 Å². The summed E-state index contributed by atoms with van der Waals surface area (Å²) in [5.74, 6) is 0. The molecule has 0 fully saturated rings. The van der Waals surface area contributed by atoms with Crippen LogP contribution >= 0.6 is 11.8 Å². The zero-order valence-corrected chi connectivity index (χ0v) is 14.3. The molecule has 0 saturated carbocycles. The van der Waals surface area contributed by atoms with Crippen molar-refractivity contribution in [3.05, 3.63) is 61.9 Å². The van der Waals surface area contributed by atoms with E-state index in [0.717, 1.165) is 19.5 Å². The Morgan fingerprint density at radius 2 is 2.00 bits per heavy atom. The Morgan fingerprint density at radius 1 is 1.17 bits per heavy atom. The van der Waals surface area contributed by atoms with Gasteiger partial charge < -0.3 is 4.98 Å². The third-order valence-electron chi connectivity index (χ3n) is 4.30. The lowest BCUT2D eigenvalue weighted by molar-refractivity contribution is 0.241. The van der Waals surface area contributed by atoms with Crippen molar-refractivity contribution in [3.8, 4) is 0 Å². The second-order valence-corrected chi connectivity index (χ2v) is 6.79. The van der Waals surface area contributed by atoms with Crippen LogP contribution < -0.4 is 11.2 Å². The number of thioether (sulfide) groups is 1. The highest BCUT2D eigenvalue weighted by molar-refractivity contribution is 7.98. The Hall–Kier alpha value is -1.79. The molecule has 1 N–H and O–H groups in total. The van der Waals surface area contributed by atoms with E-state index < -0.39 is 0 Å². The molecule has 0 amide bonds. The fraction of sp³-hybridized carbons (Fsp3) is 0.412. The Bertz CT molecular complexity index is 794. The SMILES string of the molecule is CSc1ccc2c(c1)CCN(CCn1c(=O)cc(C)[nH]c1=O)C2. The molecule has 0 atom stereocenters. The maximum atomic E-state index is 11.9. The predicted molar refractivity (Wildman–Crippen MR) is 93.3 cm³/mol. The van der Waals surface area contributed by atoms with Gasteiger partial charge in [0.1, 0.15) is 0 Å². The maximum absolute atomic E-state index is 11.9. The van der Waals surface area contributed by atoms with Crippen LogP contribution in [0.5, 0.6) is 0 Å². The number of hydrogen-bond acceptors (Lipinski definition) is 4. The lowest BCUT2D eigenvalue weighted by Crippen LogP contribution is -2.40. The summed E-state index contributed by atoms with van der Waals surface area (Å²) < 4.78 is 1.28. The molecule has 2 aromatic rings. The number of fused-ring (bicyclic) bond motifs is 1. The van der Waals surface area contributed by atoms with Gasteiger partial charge in [-0.2, -0.15) is 0 Å². The second-order valence-electron chi connectivity index (χ2n) is 5.91. The van der Waals surface area contributed by atoms with Crippen LogP contribution in [0.4, 0.5) is 0 Å². The summed E-state index contributed by atoms with van der Waals surface area (Å²) in [4.78, 5) is 30.1. The van der Waals surface area contributed by atoms with Gasteiger partial charge in [-0.3, -0.25) is 14.3 Å². The fourth-order valence-electron chi connectivity index (χ4n) is 2.99. The Balaban J connectivity index is 1.69. The zero-order chi connectivity index (χ0) is 16.4. The van der Waals surface area contributed by atoms with Gasteiger partial charge in [-0.25, -0.2) is 4.79 Å². The summed E-state index contributed by atoms with van der Waals surface area (Å²) in [5.41, 5.74) is 2.82. The van der Waals surface area contributed by atoms with Gasteiger partial charge in [0.25, 0.3) is 5.56 Å². The molecule has 1 aromatic heterocycles. The van der Waals surface area contributed by atoms with Crippen molar-refractivity contribution in [1.82, 2.24) is 14.5 Å². The molecule has 2 heterocycles. The molecule has 0 unspecified atom stereocenters. The Kier molecular flexibility index (Phi) is 4.73. The lowest BCUT2D eigenvalue weighted by atomic mass is 10.00. The van der Waals surface area contributed by atoms with E-state index in [2.05, 4.69) is 34.3 Å². The van der Waals surface area contributed by atoms with Crippen molar-refractivity contribution in [3.63, 3.8) is 0 Å². The first-order valence-corrected chi connectivity index (χ1v) is 8.98. The van der Waals surface area contributed by atoms with Crippen LogP contribution in [0.2, 0.25) is 0 Å². The van der Waals surface area contributed by atoms with Gasteiger partial charge in [-0.1, -0.05) is 6.07 Å². The first-order valence-electron chi connectivity index (χ1n) is 7.76. The van der Waals surface area contributed by atoms with Gasteiger partial charge in [-0.15, -0.1) is 11.8 Å². The van der Waals surface area contributed by atoms with E-state index in [-0.39, 0.29) is 11.2 Å². The van der Waals surface area contributed by atoms with Crippen LogP contribution in [0.25, 0.3) is 0 Å². The van der Waals surface area contributed by atoms with Crippen LogP contribution in [-0.4, -0.2) is 33.8 Å². The third-order valence-corrected chi connectivity index (χ3v) is 5.03. The standard InChI is InChI=1S/C17H21N3O2S/c1-12-9-16(21)20(17(22)18-12)8-7-19-6-5-13-10-15(23-2)4-3-14(13)11-19/h3-4,9-10H,5-8,11H2,1-2H3,(H,18,22). The van der Waals surface area contributed by atoms with Crippen molar-refractivity contribution in [2.24, 2.45) is 0 Å². The number of nitrogens with one attached hydrogen (secondary N) is 1. The molecule has 0 spiro atoms. The minimum atomic E-state index is -0.322. The normalized spacial score (nSPS) is 14.7. The van der Waals surface area contributed by atoms with Crippen LogP contribution in [0.1, 0.15) is 16.8 Å². The molecule has 23 heavy (non-hydrogen) atoms. The van der Waals surface area contributed by atoms with Crippen LogP contribution in [0.3, 0.4) is 0 Å². The summed E-state index contributed by atoms with van der Waals surface area (Å²) in [7, 11) is 0. The van der Waals surface area contributed by atoms with Crippen molar-refractivity contribution in [2.75, 3.05) is 19.3 Å². The van der Waals surface area contributed by atoms with E-state index in [9.17, 15) is 9.59 Å². The van der Waals surface area contributed by atoms with Gasteiger partial charge in [0.2, 0.25) is 0 Å². The fourth-order valence-corrected chi connectivity index (χ4v) is 3.46. The number of nitrogens with zero attached hydrogens (tertiary/aromatic N) is 2. The topological polar surface area (TPSA) is 58.1 Å². The van der Waals surface area contributed by atoms with E-state index >= 15 is 0 Å². The molecule has 1 aliphatic rings. The van der Waals surface area contributed by atoms with Crippen LogP contribution in [0, 0.1) is 6.92 Å². The number of aromatic amines is 1. The van der Waals surface area contributed by atoms with Gasteiger partial charge in [0.15, 0.2) is 0 Å². The largest absolute Gasteiger partial charge is 0.328 e. The number of benzene rings is 1. The van der Waals surface area contributed by atoms with Crippen molar-refractivity contribution in [1.29, 1.82) is 0 Å². The number of H-pyrrole nitrogens is 1. The summed E-state index contributed by atoms with van der Waals surface area (Å²) in [6.45, 7) is 4.69. The van der Waals surface area contributed by atoms with Gasteiger partial charge in [0.05, 0.1) is 0 Å². The number of rotatable bonds is 4. The quantitative estimate of drug-likeness (QED) is 0.865. The van der Waals surface area contributed by atoms with Crippen LogP contribution in [-0.2, 0) is 19.5 Å². The van der Waals surface area contributed by atoms with Gasteiger partial charge in [-0.05, 0) is 42.9 Å². The van der Waals surface area contributed by atoms with Crippen molar-refractivity contribution >= 4 is 11.8 Å². The van der Waals surface area contributed by atoms with Gasteiger partial charge >= 0.3 is 5.69 Å². The summed E-state index contributed by atoms with van der Waals surface area (Å²) in [5, 5.41) is 0. The average molecular weight is 331 g/mol. The first-order chi connectivity index (χ1) is 11.1. The lowest BCUT2D eigenvalue weighted by Gasteiger charge is -2.29. The molecule has 0 bridgehead atoms. The molecule has 5 nitrogen and oxygen atoms in total. The smallest absolute Gasteiger partial charge is 0.311 e. The molecule has 1 aromatic carbocycles. The average Bonchev–Trinajstić information content (AvgIpc) is 2.53. The summed E-state index contributed by atoms with van der Waals surface area (Å²) >= 11 is 1.76. The predicted octanol–water partition coefficient (Wildman–Crippen LogP) is 1.63. The highest BCUT2D eigenvalue weighted by Crippen LogP contribution is 2.24. The Morgan fingerprint density at radius 3 is 2.74 bits per heavy atom. The van der Waals surface area contributed by atoms with E-state index in [1.807, 2.05) is 0 Å². The number of aryl methyl sites for hydroxylation is 1. The van der Waals surface area contributed by atoms with E-state index in [0.29, 0.717) is 18.8 Å². The van der Waals surface area contributed by atoms with Crippen molar-refractivity contribution in [2.45, 2.75) is 31.3 Å². The summed E-state index contributed by atoms with van der Waals surface area (Å²) in [6, 6.07) is 8.09. The number of aromatic nitrogens is 2. The monoisotopic (exact) mass is 331 g/mol. The molecule has 0 aliphatic carbocycles. The molecular formula is C17H21N3O2S. The minimum Gasteiger partial charge on any atom is -0.311 e. The van der Waals surface area contributed by atoms with Gasteiger partial charge in [0, 0.05) is 42.8 Å². The number of hydrogen-bond donors (Lipinski definition) is 1. The second kappa shape index (κ2) is 6.76. The van der Waals surface area contributed by atoms with E-state index in [1.54, 1.807) is 18.7 Å². The molecule has 122 valence electrons. The summed E-state index contributed by atoms with van der Waals surface area (Å²) in [6.07, 6.45) is 3.11. The highest BCUT2D eigenvalue weighted by atomic mass is 32.2. The molecule has 0 saturated heterocycles. The van der Waals surface area contributed by atoms with E-state index in [1.165, 1.54) is 26.7 Å². The molecule has 3 rings (SSSR count). The maximum Gasteiger partial charge on any atom is 0.328 e. The van der Waals surface area contributed by atoms with Crippen LogP contribution in [0.15, 0.2) is 38.8 Å². The molecule has 0 radical (unpaired) electrons. The first kappa shape index (κ1) is 16.1. The molecular weight excluding hydrogens is 310 g/mol. The third kappa shape index (κ3) is 3.59. The highest BCUT2D eigenvalue weighted by Gasteiger charge is 2.16. The molecule has 6 heteroatoms. The minimum absolute atomic E-state index is 0.228. The zero-order valence-electron chi connectivity index (χ0n) is 13.5.